The molecule has 0 aliphatic carbocycles. The third-order valence-corrected chi connectivity index (χ3v) is 8.96. The maximum absolute atomic E-state index is 13.7. The van der Waals surface area contributed by atoms with Crippen molar-refractivity contribution >= 4 is 34.2 Å². The third-order valence-electron chi connectivity index (χ3n) is 8.96. The average Bonchev–Trinajstić information content (AvgIpc) is 3.89. The smallest absolute Gasteiger partial charge is 0.388 e. The average molecular weight is 637 g/mol. The normalized spacial score (nSPS) is 17.0. The van der Waals surface area contributed by atoms with Gasteiger partial charge in [0.1, 0.15) is 17.0 Å². The van der Waals surface area contributed by atoms with E-state index in [0.717, 1.165) is 28.6 Å². The van der Waals surface area contributed by atoms with Crippen molar-refractivity contribution in [3.05, 3.63) is 71.0 Å². The highest BCUT2D eigenvalue weighted by Crippen LogP contribution is 2.29. The summed E-state index contributed by atoms with van der Waals surface area (Å²) in [6, 6.07) is 11.5. The van der Waals surface area contributed by atoms with E-state index in [1.165, 1.54) is 10.3 Å². The van der Waals surface area contributed by atoms with Gasteiger partial charge >= 0.3 is 5.76 Å². The monoisotopic (exact) mass is 636 g/mol. The number of aryl methyl sites for hydroxylation is 2. The lowest BCUT2D eigenvalue weighted by Gasteiger charge is -2.29. The number of pyridine rings is 1. The number of H-pyrrole nitrogens is 1. The van der Waals surface area contributed by atoms with Crippen molar-refractivity contribution in [3.63, 3.8) is 0 Å². The first kappa shape index (κ1) is 30.3. The molecule has 47 heavy (non-hydrogen) atoms. The number of carbonyl (C=O) groups is 2. The Bertz CT molecular complexity index is 2040. The summed E-state index contributed by atoms with van der Waals surface area (Å²) in [6.07, 6.45) is 7.15. The Hall–Kier alpha value is -5.37. The Morgan fingerprint density at radius 3 is 2.55 bits per heavy atom. The van der Waals surface area contributed by atoms with Crippen molar-refractivity contribution in [2.75, 3.05) is 44.2 Å². The molecule has 0 saturated carbocycles. The van der Waals surface area contributed by atoms with Gasteiger partial charge in [0.05, 0.1) is 24.2 Å². The van der Waals surface area contributed by atoms with Crippen LogP contribution in [-0.4, -0.2) is 95.6 Å². The van der Waals surface area contributed by atoms with Crippen LogP contribution in [0.2, 0.25) is 0 Å². The number of benzene rings is 1. The molecule has 2 aliphatic heterocycles. The molecule has 0 unspecified atom stereocenters. The maximum atomic E-state index is 13.7. The lowest BCUT2D eigenvalue weighted by Crippen LogP contribution is -2.42. The summed E-state index contributed by atoms with van der Waals surface area (Å²) in [7, 11) is 3.40. The van der Waals surface area contributed by atoms with Crippen LogP contribution in [0.4, 0.5) is 5.82 Å². The molecule has 2 amide bonds. The van der Waals surface area contributed by atoms with Crippen LogP contribution < -0.4 is 10.7 Å². The summed E-state index contributed by atoms with van der Waals surface area (Å²) in [5, 5.41) is 15.8. The van der Waals surface area contributed by atoms with Gasteiger partial charge in [-0.1, -0.05) is 18.2 Å². The Morgan fingerprint density at radius 1 is 1.06 bits per heavy atom. The zero-order valence-corrected chi connectivity index (χ0v) is 26.6. The number of nitrogens with zero attached hydrogens (tertiary/aromatic N) is 9. The summed E-state index contributed by atoms with van der Waals surface area (Å²) < 4.78 is 8.05. The molecule has 14 heteroatoms. The molecule has 1 fully saturated rings. The number of carbonyl (C=O) groups excluding carboxylic acids is 2. The number of hydrogen-bond acceptors (Lipinski definition) is 9. The maximum Gasteiger partial charge on any atom is 0.437 e. The van der Waals surface area contributed by atoms with Gasteiger partial charge in [0.25, 0.3) is 0 Å². The van der Waals surface area contributed by atoms with Gasteiger partial charge in [-0.2, -0.15) is 14.9 Å². The second-order valence-corrected chi connectivity index (χ2v) is 12.0. The van der Waals surface area contributed by atoms with Crippen LogP contribution in [0.25, 0.3) is 39.3 Å². The number of rotatable bonds is 8. The SMILES string of the molecule is CCN(C(=O)[C@@H]1CCN(CC(=O)N2CC=C(c3ccc(-c4nn(C)c(=O)o4)cc3)CC2)C1)c1ccc2[nH]nc(-c3cnn(C)c3)c2n1. The van der Waals surface area contributed by atoms with Gasteiger partial charge in [-0.15, -0.1) is 5.10 Å². The van der Waals surface area contributed by atoms with Crippen LogP contribution in [0.3, 0.4) is 0 Å². The van der Waals surface area contributed by atoms with E-state index in [9.17, 15) is 14.4 Å². The first-order valence-corrected chi connectivity index (χ1v) is 15.8. The van der Waals surface area contributed by atoms with Crippen molar-refractivity contribution in [3.8, 4) is 22.7 Å². The quantitative estimate of drug-likeness (QED) is 0.271. The van der Waals surface area contributed by atoms with Gasteiger partial charge in [-0.25, -0.2) is 9.78 Å². The van der Waals surface area contributed by atoms with Gasteiger partial charge < -0.3 is 9.32 Å². The molecule has 242 valence electrons. The van der Waals surface area contributed by atoms with Gasteiger partial charge in [0.15, 0.2) is 0 Å². The molecule has 0 bridgehead atoms. The predicted octanol–water partition coefficient (Wildman–Crippen LogP) is 2.70. The second-order valence-electron chi connectivity index (χ2n) is 12.0. The summed E-state index contributed by atoms with van der Waals surface area (Å²) in [5.41, 5.74) is 5.99. The summed E-state index contributed by atoms with van der Waals surface area (Å²) in [5.74, 6) is 0.241. The molecule has 14 nitrogen and oxygen atoms in total. The molecule has 5 aromatic rings. The van der Waals surface area contributed by atoms with Crippen molar-refractivity contribution in [1.82, 2.24) is 44.5 Å². The highest BCUT2D eigenvalue weighted by Gasteiger charge is 2.34. The fourth-order valence-electron chi connectivity index (χ4n) is 6.35. The van der Waals surface area contributed by atoms with Crippen LogP contribution in [-0.2, 0) is 23.7 Å². The first-order chi connectivity index (χ1) is 22.8. The number of hydrogen-bond donors (Lipinski definition) is 1. The zero-order valence-electron chi connectivity index (χ0n) is 26.6. The molecule has 1 aromatic carbocycles. The van der Waals surface area contributed by atoms with E-state index in [1.54, 1.807) is 22.8 Å². The van der Waals surface area contributed by atoms with E-state index in [1.807, 2.05) is 61.5 Å². The minimum absolute atomic E-state index is 0.0162. The molecule has 0 spiro atoms. The van der Waals surface area contributed by atoms with Crippen molar-refractivity contribution in [2.45, 2.75) is 19.8 Å². The summed E-state index contributed by atoms with van der Waals surface area (Å²) >= 11 is 0. The Morgan fingerprint density at radius 2 is 1.87 bits per heavy atom. The fourth-order valence-corrected chi connectivity index (χ4v) is 6.35. The number of nitrogens with one attached hydrogen (secondary N) is 1. The van der Waals surface area contributed by atoms with E-state index >= 15 is 0 Å². The van der Waals surface area contributed by atoms with Crippen molar-refractivity contribution < 1.29 is 14.0 Å². The van der Waals surface area contributed by atoms with E-state index in [2.05, 4.69) is 31.4 Å². The Kier molecular flexibility index (Phi) is 8.02. The van der Waals surface area contributed by atoms with E-state index < -0.39 is 5.76 Å². The molecule has 0 radical (unpaired) electrons. The second kappa shape index (κ2) is 12.4. The minimum Gasteiger partial charge on any atom is -0.388 e. The van der Waals surface area contributed by atoms with Crippen LogP contribution in [0.1, 0.15) is 25.3 Å². The number of anilines is 1. The van der Waals surface area contributed by atoms with Crippen LogP contribution in [0.5, 0.6) is 0 Å². The highest BCUT2D eigenvalue weighted by atomic mass is 16.4. The van der Waals surface area contributed by atoms with Crippen molar-refractivity contribution in [1.29, 1.82) is 0 Å². The van der Waals surface area contributed by atoms with Gasteiger partial charge in [0, 0.05) is 57.6 Å². The highest BCUT2D eigenvalue weighted by molar-refractivity contribution is 5.97. The van der Waals surface area contributed by atoms with Gasteiger partial charge in [-0.3, -0.25) is 29.2 Å². The first-order valence-electron chi connectivity index (χ1n) is 15.8. The molecule has 2 aliphatic rings. The Labute approximate surface area is 270 Å². The lowest BCUT2D eigenvalue weighted by atomic mass is 9.98. The van der Waals surface area contributed by atoms with Crippen LogP contribution in [0.15, 0.2) is 64.1 Å². The molecule has 1 N–H and O–H groups in total. The number of amides is 2. The molecular weight excluding hydrogens is 600 g/mol. The van der Waals surface area contributed by atoms with Gasteiger partial charge in [0.2, 0.25) is 17.7 Å². The predicted molar refractivity (Wildman–Crippen MR) is 175 cm³/mol. The number of likely N-dealkylation sites (tertiary alicyclic amines) is 1. The molecule has 1 atom stereocenters. The summed E-state index contributed by atoms with van der Waals surface area (Å²) in [6.45, 7) is 5.11. The van der Waals surface area contributed by atoms with Crippen LogP contribution in [0, 0.1) is 5.92 Å². The summed E-state index contributed by atoms with van der Waals surface area (Å²) in [4.78, 5) is 49.1. The largest absolute Gasteiger partial charge is 0.437 e. The Balaban J connectivity index is 0.952. The molecule has 7 rings (SSSR count). The minimum atomic E-state index is -0.500. The molecular formula is C33H36N10O4. The third kappa shape index (κ3) is 5.99. The number of fused-ring (bicyclic) bond motifs is 1. The molecule has 4 aromatic heterocycles. The zero-order chi connectivity index (χ0) is 32.7. The molecule has 1 saturated heterocycles. The van der Waals surface area contributed by atoms with Crippen molar-refractivity contribution in [2.24, 2.45) is 20.0 Å². The standard InChI is InChI=1S/C33H36N10O4/c1-4-43(27-10-9-26-30(35-27)29(37-36-26)25-17-34-39(2)18-25)32(45)24-11-14-41(19-24)20-28(44)42-15-12-22(13-16-42)21-5-7-23(8-6-21)31-38-40(3)33(46)47-31/h5-10,12,17-18,24H,4,11,13-16,19-20H2,1-3H3,(H,36,37)/t24-/m1/s1. The fraction of sp³-hybridized carbons (Fsp3) is 0.364. The van der Waals surface area contributed by atoms with E-state index in [0.29, 0.717) is 56.2 Å². The lowest BCUT2D eigenvalue weighted by molar-refractivity contribution is -0.132. The van der Waals surface area contributed by atoms with Crippen LogP contribution >= 0.6 is 0 Å². The number of aromatic nitrogens is 7. The molecule has 6 heterocycles. The topological polar surface area (TPSA) is 151 Å². The van der Waals surface area contributed by atoms with E-state index in [-0.39, 0.29) is 30.2 Å². The van der Waals surface area contributed by atoms with E-state index in [4.69, 9.17) is 9.40 Å². The number of aromatic amines is 1. The van der Waals surface area contributed by atoms with Gasteiger partial charge in [-0.05, 0) is 61.7 Å².